The molecule has 1 aliphatic heterocycles. The minimum absolute atomic E-state index is 0.0584. The molecule has 2 N–H and O–H groups in total. The molecule has 0 amide bonds. The summed E-state index contributed by atoms with van der Waals surface area (Å²) in [5, 5.41) is 14.1. The molecule has 2 nitrogen and oxygen atoms in total. The van der Waals surface area contributed by atoms with Crippen LogP contribution in [0.3, 0.4) is 0 Å². The Balaban J connectivity index is 1.94. The minimum atomic E-state index is -0.0584. The summed E-state index contributed by atoms with van der Waals surface area (Å²) in [6, 6.07) is 0.571. The second kappa shape index (κ2) is 6.91. The first-order valence-electron chi connectivity index (χ1n) is 8.10. The van der Waals surface area contributed by atoms with Gasteiger partial charge >= 0.3 is 0 Å². The third-order valence-electron chi connectivity index (χ3n) is 5.21. The Morgan fingerprint density at radius 3 is 2.56 bits per heavy atom. The van der Waals surface area contributed by atoms with Crippen molar-refractivity contribution in [3.63, 3.8) is 0 Å². The zero-order chi connectivity index (χ0) is 13.0. The fourth-order valence-electron chi connectivity index (χ4n) is 3.86. The van der Waals surface area contributed by atoms with Gasteiger partial charge in [-0.1, -0.05) is 33.1 Å². The van der Waals surface area contributed by atoms with E-state index in [2.05, 4.69) is 19.2 Å². The largest absolute Gasteiger partial charge is 0.393 e. The molecule has 2 aliphatic rings. The number of rotatable bonds is 2. The van der Waals surface area contributed by atoms with Crippen molar-refractivity contribution in [2.24, 2.45) is 17.8 Å². The summed E-state index contributed by atoms with van der Waals surface area (Å²) in [6.07, 6.45) is 10.1. The number of aliphatic hydroxyl groups is 1. The van der Waals surface area contributed by atoms with Crippen molar-refractivity contribution in [3.05, 3.63) is 0 Å². The number of hydrogen-bond donors (Lipinski definition) is 2. The summed E-state index contributed by atoms with van der Waals surface area (Å²) >= 11 is 0. The van der Waals surface area contributed by atoms with Gasteiger partial charge in [0.15, 0.2) is 0 Å². The van der Waals surface area contributed by atoms with E-state index in [1.165, 1.54) is 44.9 Å². The predicted molar refractivity (Wildman–Crippen MR) is 76.6 cm³/mol. The molecule has 2 heteroatoms. The van der Waals surface area contributed by atoms with Crippen LogP contribution in [0.2, 0.25) is 0 Å². The molecule has 1 aliphatic carbocycles. The van der Waals surface area contributed by atoms with Crippen molar-refractivity contribution < 1.29 is 5.11 Å². The lowest BCUT2D eigenvalue weighted by Gasteiger charge is -2.40. The van der Waals surface area contributed by atoms with E-state index < -0.39 is 0 Å². The molecule has 4 atom stereocenters. The van der Waals surface area contributed by atoms with Crippen LogP contribution < -0.4 is 5.32 Å². The molecule has 106 valence electrons. The average Bonchev–Trinajstić information content (AvgIpc) is 2.29. The van der Waals surface area contributed by atoms with Gasteiger partial charge in [-0.25, -0.2) is 0 Å². The molecule has 1 saturated carbocycles. The van der Waals surface area contributed by atoms with E-state index in [0.29, 0.717) is 12.0 Å². The lowest BCUT2D eigenvalue weighted by atomic mass is 9.71. The van der Waals surface area contributed by atoms with Crippen LogP contribution in [-0.2, 0) is 0 Å². The van der Waals surface area contributed by atoms with Gasteiger partial charge in [0.25, 0.3) is 0 Å². The molecule has 0 bridgehead atoms. The van der Waals surface area contributed by atoms with Crippen LogP contribution in [0.1, 0.15) is 65.2 Å². The second-order valence-electron chi connectivity index (χ2n) is 6.81. The molecular formula is C16H31NO. The Bertz CT molecular complexity index is 233. The highest BCUT2D eigenvalue weighted by atomic mass is 16.3. The van der Waals surface area contributed by atoms with Gasteiger partial charge in [-0.2, -0.15) is 0 Å². The topological polar surface area (TPSA) is 32.3 Å². The zero-order valence-corrected chi connectivity index (χ0v) is 12.2. The molecule has 0 spiro atoms. The van der Waals surface area contributed by atoms with Crippen LogP contribution in [0.25, 0.3) is 0 Å². The first-order valence-corrected chi connectivity index (χ1v) is 8.10. The molecule has 2 rings (SSSR count). The predicted octanol–water partition coefficient (Wildman–Crippen LogP) is 3.34. The van der Waals surface area contributed by atoms with E-state index in [9.17, 15) is 5.11 Å². The highest BCUT2D eigenvalue weighted by molar-refractivity contribution is 4.89. The third-order valence-corrected chi connectivity index (χ3v) is 5.21. The summed E-state index contributed by atoms with van der Waals surface area (Å²) in [5.74, 6) is 2.10. The molecule has 0 radical (unpaired) electrons. The SMILES string of the molecule is CC(C)C1CCC(O)C(C2CCCCCCN2)C1. The molecule has 0 aromatic heterocycles. The molecule has 4 unspecified atom stereocenters. The molecule has 18 heavy (non-hydrogen) atoms. The van der Waals surface area contributed by atoms with Crippen molar-refractivity contribution in [2.45, 2.75) is 77.4 Å². The Morgan fingerprint density at radius 2 is 1.78 bits per heavy atom. The average molecular weight is 253 g/mol. The Kier molecular flexibility index (Phi) is 5.50. The van der Waals surface area contributed by atoms with Gasteiger partial charge < -0.3 is 10.4 Å². The van der Waals surface area contributed by atoms with Gasteiger partial charge in [-0.3, -0.25) is 0 Å². The third kappa shape index (κ3) is 3.71. The van der Waals surface area contributed by atoms with E-state index in [-0.39, 0.29) is 6.10 Å². The summed E-state index contributed by atoms with van der Waals surface area (Å²) in [7, 11) is 0. The van der Waals surface area contributed by atoms with E-state index >= 15 is 0 Å². The van der Waals surface area contributed by atoms with Crippen LogP contribution in [-0.4, -0.2) is 23.8 Å². The van der Waals surface area contributed by atoms with Crippen molar-refractivity contribution in [1.29, 1.82) is 0 Å². The fraction of sp³-hybridized carbons (Fsp3) is 1.00. The molecule has 2 fully saturated rings. The molecule has 1 saturated heterocycles. The summed E-state index contributed by atoms with van der Waals surface area (Å²) in [5.41, 5.74) is 0. The molecular weight excluding hydrogens is 222 g/mol. The maximum Gasteiger partial charge on any atom is 0.0583 e. The number of hydrogen-bond acceptors (Lipinski definition) is 2. The summed E-state index contributed by atoms with van der Waals surface area (Å²) in [6.45, 7) is 5.83. The van der Waals surface area contributed by atoms with E-state index in [1.807, 2.05) is 0 Å². The first kappa shape index (κ1) is 14.3. The van der Waals surface area contributed by atoms with Gasteiger partial charge in [0.1, 0.15) is 0 Å². The highest BCUT2D eigenvalue weighted by Gasteiger charge is 2.35. The minimum Gasteiger partial charge on any atom is -0.393 e. The van der Waals surface area contributed by atoms with Gasteiger partial charge in [0.05, 0.1) is 6.10 Å². The normalized spacial score (nSPS) is 39.3. The standard InChI is InChI=1S/C16H31NO/c1-12(2)13-8-9-16(18)14(11-13)15-7-5-3-4-6-10-17-15/h12-18H,3-11H2,1-2H3. The van der Waals surface area contributed by atoms with Gasteiger partial charge in [0, 0.05) is 12.0 Å². The lowest BCUT2D eigenvalue weighted by molar-refractivity contribution is 0.0155. The summed E-state index contributed by atoms with van der Waals surface area (Å²) in [4.78, 5) is 0. The van der Waals surface area contributed by atoms with Crippen molar-refractivity contribution >= 4 is 0 Å². The second-order valence-corrected chi connectivity index (χ2v) is 6.81. The Morgan fingerprint density at radius 1 is 1.00 bits per heavy atom. The zero-order valence-electron chi connectivity index (χ0n) is 12.2. The summed E-state index contributed by atoms with van der Waals surface area (Å²) < 4.78 is 0. The number of nitrogens with one attached hydrogen (secondary N) is 1. The van der Waals surface area contributed by atoms with Crippen molar-refractivity contribution in [1.82, 2.24) is 5.32 Å². The lowest BCUT2D eigenvalue weighted by Crippen LogP contribution is -2.46. The van der Waals surface area contributed by atoms with Crippen LogP contribution >= 0.6 is 0 Å². The monoisotopic (exact) mass is 253 g/mol. The van der Waals surface area contributed by atoms with Crippen molar-refractivity contribution in [3.8, 4) is 0 Å². The van der Waals surface area contributed by atoms with Gasteiger partial charge in [-0.05, 0) is 50.5 Å². The Labute approximate surface area is 113 Å². The highest BCUT2D eigenvalue weighted by Crippen LogP contribution is 2.37. The van der Waals surface area contributed by atoms with Crippen LogP contribution in [0.15, 0.2) is 0 Å². The van der Waals surface area contributed by atoms with Crippen LogP contribution in [0.4, 0.5) is 0 Å². The molecule has 1 heterocycles. The number of aliphatic hydroxyl groups excluding tert-OH is 1. The van der Waals surface area contributed by atoms with Gasteiger partial charge in [-0.15, -0.1) is 0 Å². The van der Waals surface area contributed by atoms with Crippen LogP contribution in [0.5, 0.6) is 0 Å². The maximum atomic E-state index is 10.3. The fourth-order valence-corrected chi connectivity index (χ4v) is 3.86. The maximum absolute atomic E-state index is 10.3. The van der Waals surface area contributed by atoms with E-state index in [1.54, 1.807) is 0 Å². The van der Waals surface area contributed by atoms with Gasteiger partial charge in [0.2, 0.25) is 0 Å². The molecule has 0 aromatic rings. The quantitative estimate of drug-likeness (QED) is 0.791. The first-order chi connectivity index (χ1) is 8.68. The smallest absolute Gasteiger partial charge is 0.0583 e. The van der Waals surface area contributed by atoms with E-state index in [4.69, 9.17) is 0 Å². The van der Waals surface area contributed by atoms with Crippen molar-refractivity contribution in [2.75, 3.05) is 6.54 Å². The molecule has 0 aromatic carbocycles. The van der Waals surface area contributed by atoms with Crippen LogP contribution in [0, 0.1) is 17.8 Å². The van der Waals surface area contributed by atoms with E-state index in [0.717, 1.165) is 24.8 Å². The Hall–Kier alpha value is -0.0800.